The second kappa shape index (κ2) is 5.87. The standard InChI is InChI=1S/C10H15N5O2S/c11-14-9-4-3-8(15(16)17)10(13-9)12-6-7-2-1-5-18-7/h3-4,7H,1-2,5-6,11H2,(H2,12,13,14). The maximum Gasteiger partial charge on any atom is 0.311 e. The van der Waals surface area contributed by atoms with Crippen LogP contribution in [0.25, 0.3) is 0 Å². The first-order chi connectivity index (χ1) is 8.70. The Hall–Kier alpha value is -1.54. The van der Waals surface area contributed by atoms with E-state index in [0.29, 0.717) is 17.6 Å². The molecule has 2 rings (SSSR count). The number of nitrogens with zero attached hydrogens (tertiary/aromatic N) is 2. The van der Waals surface area contributed by atoms with Crippen LogP contribution >= 0.6 is 11.8 Å². The van der Waals surface area contributed by atoms with Gasteiger partial charge in [-0.15, -0.1) is 0 Å². The Morgan fingerprint density at radius 2 is 2.44 bits per heavy atom. The first kappa shape index (κ1) is 12.9. The average Bonchev–Trinajstić information content (AvgIpc) is 2.88. The zero-order chi connectivity index (χ0) is 13.0. The highest BCUT2D eigenvalue weighted by Crippen LogP contribution is 2.28. The summed E-state index contributed by atoms with van der Waals surface area (Å²) < 4.78 is 0. The van der Waals surface area contributed by atoms with Gasteiger partial charge in [-0.05, 0) is 24.7 Å². The number of rotatable bonds is 5. The van der Waals surface area contributed by atoms with Gasteiger partial charge in [-0.2, -0.15) is 11.8 Å². The highest BCUT2D eigenvalue weighted by molar-refractivity contribution is 8.00. The zero-order valence-electron chi connectivity index (χ0n) is 9.76. The molecule has 8 heteroatoms. The molecule has 0 aromatic carbocycles. The van der Waals surface area contributed by atoms with Gasteiger partial charge in [0.1, 0.15) is 5.82 Å². The van der Waals surface area contributed by atoms with E-state index in [0.717, 1.165) is 12.2 Å². The van der Waals surface area contributed by atoms with Gasteiger partial charge in [0.05, 0.1) is 4.92 Å². The summed E-state index contributed by atoms with van der Waals surface area (Å²) in [6.45, 7) is 0.687. The fourth-order valence-corrected chi connectivity index (χ4v) is 3.03. The number of hydrogen-bond donors (Lipinski definition) is 3. The van der Waals surface area contributed by atoms with E-state index in [9.17, 15) is 10.1 Å². The summed E-state index contributed by atoms with van der Waals surface area (Å²) >= 11 is 1.89. The smallest absolute Gasteiger partial charge is 0.311 e. The monoisotopic (exact) mass is 269 g/mol. The molecule has 1 aromatic rings. The molecule has 0 radical (unpaired) electrons. The number of hydrogen-bond acceptors (Lipinski definition) is 7. The van der Waals surface area contributed by atoms with Gasteiger partial charge >= 0.3 is 5.69 Å². The highest BCUT2D eigenvalue weighted by Gasteiger charge is 2.19. The van der Waals surface area contributed by atoms with Crippen molar-refractivity contribution in [2.75, 3.05) is 23.0 Å². The van der Waals surface area contributed by atoms with E-state index in [1.165, 1.54) is 18.6 Å². The third-order valence-corrected chi connectivity index (χ3v) is 4.14. The van der Waals surface area contributed by atoms with Gasteiger partial charge in [-0.1, -0.05) is 0 Å². The lowest BCUT2D eigenvalue weighted by Gasteiger charge is -2.11. The minimum atomic E-state index is -0.447. The molecule has 18 heavy (non-hydrogen) atoms. The molecule has 98 valence electrons. The highest BCUT2D eigenvalue weighted by atomic mass is 32.2. The molecule has 0 spiro atoms. The first-order valence-electron chi connectivity index (χ1n) is 5.68. The van der Waals surface area contributed by atoms with Crippen LogP contribution in [0.1, 0.15) is 12.8 Å². The van der Waals surface area contributed by atoms with E-state index in [1.807, 2.05) is 11.8 Å². The van der Waals surface area contributed by atoms with Crippen LogP contribution in [0, 0.1) is 10.1 Å². The van der Waals surface area contributed by atoms with Crippen molar-refractivity contribution in [1.29, 1.82) is 0 Å². The maximum absolute atomic E-state index is 10.9. The lowest BCUT2D eigenvalue weighted by atomic mass is 10.2. The molecule has 0 amide bonds. The Morgan fingerprint density at radius 3 is 3.06 bits per heavy atom. The van der Waals surface area contributed by atoms with Crippen LogP contribution in [0.3, 0.4) is 0 Å². The first-order valence-corrected chi connectivity index (χ1v) is 6.73. The number of hydrazine groups is 1. The average molecular weight is 269 g/mol. The number of aromatic nitrogens is 1. The minimum absolute atomic E-state index is 0.0306. The van der Waals surface area contributed by atoms with Crippen LogP contribution in [-0.4, -0.2) is 27.5 Å². The molecule has 7 nitrogen and oxygen atoms in total. The third kappa shape index (κ3) is 3.02. The number of nitro groups is 1. The van der Waals surface area contributed by atoms with E-state index in [1.54, 1.807) is 0 Å². The molecule has 1 saturated heterocycles. The Balaban J connectivity index is 2.10. The summed E-state index contributed by atoms with van der Waals surface area (Å²) in [5.41, 5.74) is 2.35. The van der Waals surface area contributed by atoms with Crippen molar-refractivity contribution in [3.05, 3.63) is 22.2 Å². The molecule has 1 fully saturated rings. The van der Waals surface area contributed by atoms with Crippen molar-refractivity contribution < 1.29 is 4.92 Å². The summed E-state index contributed by atoms with van der Waals surface area (Å²) in [7, 11) is 0. The lowest BCUT2D eigenvalue weighted by molar-refractivity contribution is -0.384. The second-order valence-electron chi connectivity index (χ2n) is 3.98. The van der Waals surface area contributed by atoms with Crippen molar-refractivity contribution in [1.82, 2.24) is 4.98 Å². The van der Waals surface area contributed by atoms with Crippen molar-refractivity contribution in [3.63, 3.8) is 0 Å². The molecule has 1 atom stereocenters. The van der Waals surface area contributed by atoms with Gasteiger partial charge in [0.2, 0.25) is 5.82 Å². The normalized spacial score (nSPS) is 18.6. The number of pyridine rings is 1. The number of nitrogens with one attached hydrogen (secondary N) is 2. The van der Waals surface area contributed by atoms with Crippen LogP contribution in [0.4, 0.5) is 17.3 Å². The molecule has 4 N–H and O–H groups in total. The van der Waals surface area contributed by atoms with Gasteiger partial charge in [-0.3, -0.25) is 10.1 Å². The van der Waals surface area contributed by atoms with E-state index in [4.69, 9.17) is 5.84 Å². The van der Waals surface area contributed by atoms with Crippen LogP contribution in [0.5, 0.6) is 0 Å². The SMILES string of the molecule is NNc1ccc([N+](=O)[O-])c(NCC2CCCS2)n1. The molecule has 0 bridgehead atoms. The van der Waals surface area contributed by atoms with Crippen LogP contribution in [0.2, 0.25) is 0 Å². The van der Waals surface area contributed by atoms with Crippen molar-refractivity contribution in [3.8, 4) is 0 Å². The molecular formula is C10H15N5O2S. The summed E-state index contributed by atoms with van der Waals surface area (Å²) in [6.07, 6.45) is 2.34. The van der Waals surface area contributed by atoms with E-state index in [-0.39, 0.29) is 11.5 Å². The Kier molecular flexibility index (Phi) is 4.21. The fourth-order valence-electron chi connectivity index (χ4n) is 1.83. The van der Waals surface area contributed by atoms with Gasteiger partial charge in [0.15, 0.2) is 0 Å². The van der Waals surface area contributed by atoms with Gasteiger partial charge < -0.3 is 10.7 Å². The predicted octanol–water partition coefficient (Wildman–Crippen LogP) is 1.58. The minimum Gasteiger partial charge on any atom is -0.363 e. The van der Waals surface area contributed by atoms with E-state index >= 15 is 0 Å². The predicted molar refractivity (Wildman–Crippen MR) is 72.7 cm³/mol. The summed E-state index contributed by atoms with van der Waals surface area (Å²) in [5, 5.41) is 14.4. The quantitative estimate of drug-likeness (QED) is 0.423. The molecule has 0 saturated carbocycles. The molecule has 1 aliphatic rings. The third-order valence-electron chi connectivity index (χ3n) is 2.74. The topological polar surface area (TPSA) is 106 Å². The molecule has 1 unspecified atom stereocenters. The van der Waals surface area contributed by atoms with E-state index in [2.05, 4.69) is 15.7 Å². The van der Waals surface area contributed by atoms with Crippen molar-refractivity contribution in [2.24, 2.45) is 5.84 Å². The molecule has 2 heterocycles. The molecule has 0 aliphatic carbocycles. The number of thioether (sulfide) groups is 1. The largest absolute Gasteiger partial charge is 0.363 e. The van der Waals surface area contributed by atoms with Crippen molar-refractivity contribution >= 4 is 29.1 Å². The Labute approximate surface area is 109 Å². The Morgan fingerprint density at radius 1 is 1.61 bits per heavy atom. The van der Waals surface area contributed by atoms with Gasteiger partial charge in [-0.25, -0.2) is 10.8 Å². The summed E-state index contributed by atoms with van der Waals surface area (Å²) in [6, 6.07) is 2.87. The fraction of sp³-hybridized carbons (Fsp3) is 0.500. The van der Waals surface area contributed by atoms with Crippen LogP contribution in [0.15, 0.2) is 12.1 Å². The van der Waals surface area contributed by atoms with E-state index < -0.39 is 4.92 Å². The summed E-state index contributed by atoms with van der Waals surface area (Å²) in [5.74, 6) is 7.08. The van der Waals surface area contributed by atoms with Crippen molar-refractivity contribution in [2.45, 2.75) is 18.1 Å². The zero-order valence-corrected chi connectivity index (χ0v) is 10.6. The maximum atomic E-state index is 10.9. The second-order valence-corrected chi connectivity index (χ2v) is 5.39. The molecule has 1 aliphatic heterocycles. The Bertz CT molecular complexity index is 436. The summed E-state index contributed by atoms with van der Waals surface area (Å²) in [4.78, 5) is 14.5. The number of nitrogen functional groups attached to an aromatic ring is 1. The number of nitrogens with two attached hydrogens (primary N) is 1. The molecular weight excluding hydrogens is 254 g/mol. The molecule has 1 aromatic heterocycles. The van der Waals surface area contributed by atoms with Crippen LogP contribution in [-0.2, 0) is 0 Å². The number of anilines is 2. The lowest BCUT2D eigenvalue weighted by Crippen LogP contribution is -2.16. The van der Waals surface area contributed by atoms with Crippen LogP contribution < -0.4 is 16.6 Å². The van der Waals surface area contributed by atoms with Gasteiger partial charge in [0.25, 0.3) is 0 Å². The van der Waals surface area contributed by atoms with Gasteiger partial charge in [0, 0.05) is 17.9 Å².